The van der Waals surface area contributed by atoms with Crippen LogP contribution >= 0.6 is 12.4 Å². The molecule has 0 radical (unpaired) electrons. The van der Waals surface area contributed by atoms with E-state index in [1.54, 1.807) is 6.21 Å². The second-order valence-corrected chi connectivity index (χ2v) is 2.18. The van der Waals surface area contributed by atoms with Gasteiger partial charge in [0, 0.05) is 5.69 Å². The Labute approximate surface area is 83.1 Å². The van der Waals surface area contributed by atoms with E-state index < -0.39 is 0 Å². The lowest BCUT2D eigenvalue weighted by Gasteiger charge is -1.98. The average molecular weight is 202 g/mol. The summed E-state index contributed by atoms with van der Waals surface area (Å²) in [5.74, 6) is 5.19. The van der Waals surface area contributed by atoms with Gasteiger partial charge in [0.1, 0.15) is 7.11 Å². The molecule has 1 aromatic rings. The second kappa shape index (κ2) is 6.28. The first-order chi connectivity index (χ1) is 5.86. The highest BCUT2D eigenvalue weighted by Crippen LogP contribution is 2.05. The minimum absolute atomic E-state index is 0. The third-order valence-corrected chi connectivity index (χ3v) is 1.38. The molecule has 0 unspecified atom stereocenters. The third-order valence-electron chi connectivity index (χ3n) is 1.38. The van der Waals surface area contributed by atoms with E-state index in [1.807, 2.05) is 24.3 Å². The molecule has 0 aliphatic rings. The summed E-state index contributed by atoms with van der Waals surface area (Å²) in [6.45, 7) is 0. The number of halogens is 1. The van der Waals surface area contributed by atoms with Gasteiger partial charge in [-0.1, -0.05) is 17.3 Å². The van der Waals surface area contributed by atoms with Crippen LogP contribution in [0.25, 0.3) is 0 Å². The van der Waals surface area contributed by atoms with Gasteiger partial charge in [-0.3, -0.25) is 5.84 Å². The lowest BCUT2D eigenvalue weighted by molar-refractivity contribution is 0.215. The zero-order valence-corrected chi connectivity index (χ0v) is 8.04. The van der Waals surface area contributed by atoms with E-state index in [2.05, 4.69) is 15.4 Å². The van der Waals surface area contributed by atoms with Crippen LogP contribution < -0.4 is 11.3 Å². The molecule has 0 atom stereocenters. The van der Waals surface area contributed by atoms with Crippen LogP contribution in [-0.2, 0) is 4.84 Å². The molecule has 0 fully saturated rings. The molecule has 3 N–H and O–H groups in total. The highest BCUT2D eigenvalue weighted by Gasteiger charge is 1.88. The number of benzene rings is 1. The Morgan fingerprint density at radius 1 is 1.38 bits per heavy atom. The fourth-order valence-corrected chi connectivity index (χ4v) is 0.779. The van der Waals surface area contributed by atoms with Gasteiger partial charge in [-0.15, -0.1) is 12.4 Å². The van der Waals surface area contributed by atoms with Crippen LogP contribution in [0.1, 0.15) is 5.56 Å². The molecular formula is C8H12ClN3O. The van der Waals surface area contributed by atoms with E-state index in [0.717, 1.165) is 11.3 Å². The summed E-state index contributed by atoms with van der Waals surface area (Å²) in [7, 11) is 1.51. The third kappa shape index (κ3) is 3.78. The molecule has 0 bridgehead atoms. The Bertz CT molecular complexity index is 261. The summed E-state index contributed by atoms with van der Waals surface area (Å²) < 4.78 is 0. The second-order valence-electron chi connectivity index (χ2n) is 2.18. The van der Waals surface area contributed by atoms with Crippen LogP contribution in [0.2, 0.25) is 0 Å². The minimum Gasteiger partial charge on any atom is -0.399 e. The number of oxime groups is 1. The zero-order valence-electron chi connectivity index (χ0n) is 7.23. The predicted molar refractivity (Wildman–Crippen MR) is 56.1 cm³/mol. The molecule has 5 heteroatoms. The monoisotopic (exact) mass is 201 g/mol. The van der Waals surface area contributed by atoms with Gasteiger partial charge in [0.05, 0.1) is 6.21 Å². The van der Waals surface area contributed by atoms with Gasteiger partial charge < -0.3 is 10.3 Å². The van der Waals surface area contributed by atoms with Crippen molar-refractivity contribution in [1.29, 1.82) is 0 Å². The van der Waals surface area contributed by atoms with Gasteiger partial charge in [-0.05, 0) is 17.7 Å². The molecule has 0 saturated carbocycles. The lowest BCUT2D eigenvalue weighted by Crippen LogP contribution is -2.06. The Balaban J connectivity index is 0.00000144. The maximum absolute atomic E-state index is 5.19. The van der Waals surface area contributed by atoms with Crippen molar-refractivity contribution in [3.63, 3.8) is 0 Å². The molecule has 0 spiro atoms. The molecule has 13 heavy (non-hydrogen) atoms. The number of nitrogens with two attached hydrogens (primary N) is 1. The first-order valence-corrected chi connectivity index (χ1v) is 3.50. The van der Waals surface area contributed by atoms with Gasteiger partial charge in [-0.25, -0.2) is 0 Å². The molecule has 0 saturated heterocycles. The largest absolute Gasteiger partial charge is 0.399 e. The number of rotatable bonds is 3. The summed E-state index contributed by atoms with van der Waals surface area (Å²) in [5, 5.41) is 3.62. The molecule has 0 aliphatic heterocycles. The van der Waals surface area contributed by atoms with Crippen LogP contribution in [0, 0.1) is 0 Å². The molecule has 0 amide bonds. The Kier molecular flexibility index (Phi) is 5.67. The van der Waals surface area contributed by atoms with Crippen molar-refractivity contribution in [3.8, 4) is 0 Å². The SMILES string of the molecule is CON=Cc1ccc(NN)cc1.Cl. The molecular weight excluding hydrogens is 190 g/mol. The van der Waals surface area contributed by atoms with E-state index in [9.17, 15) is 0 Å². The maximum atomic E-state index is 5.19. The van der Waals surface area contributed by atoms with Gasteiger partial charge >= 0.3 is 0 Å². The summed E-state index contributed by atoms with van der Waals surface area (Å²) in [6.07, 6.45) is 1.63. The van der Waals surface area contributed by atoms with E-state index in [1.165, 1.54) is 7.11 Å². The van der Waals surface area contributed by atoms with Crippen molar-refractivity contribution < 1.29 is 4.84 Å². The number of nitrogen functional groups attached to an aromatic ring is 1. The fourth-order valence-electron chi connectivity index (χ4n) is 0.779. The Hall–Kier alpha value is -1.26. The van der Waals surface area contributed by atoms with Crippen LogP contribution in [0.15, 0.2) is 29.4 Å². The number of nitrogens with one attached hydrogen (secondary N) is 1. The number of hydrogen-bond donors (Lipinski definition) is 2. The Morgan fingerprint density at radius 2 is 2.00 bits per heavy atom. The standard InChI is InChI=1S/C8H11N3O.ClH/c1-12-10-6-7-2-4-8(11-9)5-3-7;/h2-6,11H,9H2,1H3;1H. The molecule has 72 valence electrons. The number of hydrogen-bond acceptors (Lipinski definition) is 4. The predicted octanol–water partition coefficient (Wildman–Crippen LogP) is 1.37. The first-order valence-electron chi connectivity index (χ1n) is 3.50. The van der Waals surface area contributed by atoms with E-state index in [-0.39, 0.29) is 12.4 Å². The highest BCUT2D eigenvalue weighted by molar-refractivity contribution is 5.85. The van der Waals surface area contributed by atoms with E-state index in [0.29, 0.717) is 0 Å². The van der Waals surface area contributed by atoms with E-state index >= 15 is 0 Å². The molecule has 0 aliphatic carbocycles. The Morgan fingerprint density at radius 3 is 2.46 bits per heavy atom. The smallest absolute Gasteiger partial charge is 0.106 e. The summed E-state index contributed by atoms with van der Waals surface area (Å²) >= 11 is 0. The topological polar surface area (TPSA) is 59.6 Å². The lowest BCUT2D eigenvalue weighted by atomic mass is 10.2. The van der Waals surface area contributed by atoms with Gasteiger partial charge in [0.2, 0.25) is 0 Å². The van der Waals surface area contributed by atoms with Gasteiger partial charge in [0.15, 0.2) is 0 Å². The van der Waals surface area contributed by atoms with Crippen molar-refractivity contribution in [2.24, 2.45) is 11.0 Å². The first kappa shape index (κ1) is 11.7. The van der Waals surface area contributed by atoms with Crippen LogP contribution in [-0.4, -0.2) is 13.3 Å². The number of nitrogens with zero attached hydrogens (tertiary/aromatic N) is 1. The molecule has 1 aromatic carbocycles. The maximum Gasteiger partial charge on any atom is 0.106 e. The number of hydrazine groups is 1. The van der Waals surface area contributed by atoms with Crippen LogP contribution in [0.5, 0.6) is 0 Å². The fraction of sp³-hybridized carbons (Fsp3) is 0.125. The van der Waals surface area contributed by atoms with Gasteiger partial charge in [0.25, 0.3) is 0 Å². The quantitative estimate of drug-likeness (QED) is 0.441. The highest BCUT2D eigenvalue weighted by atomic mass is 35.5. The van der Waals surface area contributed by atoms with Gasteiger partial charge in [-0.2, -0.15) is 0 Å². The van der Waals surface area contributed by atoms with Crippen molar-refractivity contribution in [2.75, 3.05) is 12.5 Å². The number of anilines is 1. The summed E-state index contributed by atoms with van der Waals surface area (Å²) in [5.41, 5.74) is 4.37. The summed E-state index contributed by atoms with van der Waals surface area (Å²) in [6, 6.07) is 7.49. The molecule has 1 rings (SSSR count). The van der Waals surface area contributed by atoms with Crippen LogP contribution in [0.3, 0.4) is 0 Å². The van der Waals surface area contributed by atoms with Crippen molar-refractivity contribution in [3.05, 3.63) is 29.8 Å². The zero-order chi connectivity index (χ0) is 8.81. The van der Waals surface area contributed by atoms with Crippen molar-refractivity contribution in [1.82, 2.24) is 0 Å². The van der Waals surface area contributed by atoms with Crippen LogP contribution in [0.4, 0.5) is 5.69 Å². The van der Waals surface area contributed by atoms with Crippen molar-refractivity contribution >= 4 is 24.3 Å². The molecule has 0 heterocycles. The minimum atomic E-state index is 0. The van der Waals surface area contributed by atoms with Crippen molar-refractivity contribution in [2.45, 2.75) is 0 Å². The van der Waals surface area contributed by atoms with E-state index in [4.69, 9.17) is 5.84 Å². The molecule has 0 aromatic heterocycles. The average Bonchev–Trinajstić information content (AvgIpc) is 2.15. The normalized spacial score (nSPS) is 9.38. The molecule has 4 nitrogen and oxygen atoms in total. The summed E-state index contributed by atoms with van der Waals surface area (Å²) in [4.78, 5) is 4.53.